The molecule has 0 unspecified atom stereocenters. The van der Waals surface area contributed by atoms with Crippen molar-refractivity contribution < 1.29 is 4.39 Å². The van der Waals surface area contributed by atoms with Gasteiger partial charge in [0, 0.05) is 12.0 Å². The largest absolute Gasteiger partial charge is 0.387 e. The summed E-state index contributed by atoms with van der Waals surface area (Å²) in [6.07, 6.45) is 4.59. The Labute approximate surface area is 99.3 Å². The summed E-state index contributed by atoms with van der Waals surface area (Å²) >= 11 is 5.59. The molecule has 2 nitrogen and oxygen atoms in total. The molecular formula is C12H14ClFN2. The van der Waals surface area contributed by atoms with Gasteiger partial charge in [0.05, 0.1) is 10.7 Å². The zero-order chi connectivity index (χ0) is 11.5. The van der Waals surface area contributed by atoms with Crippen LogP contribution in [0.4, 0.5) is 10.1 Å². The third kappa shape index (κ3) is 2.53. The summed E-state index contributed by atoms with van der Waals surface area (Å²) in [6, 6.07) is 4.48. The molecular weight excluding hydrogens is 227 g/mol. The Morgan fingerprint density at radius 1 is 1.38 bits per heavy atom. The number of aliphatic imine (C=N–C) groups is 1. The van der Waals surface area contributed by atoms with Crippen LogP contribution in [0.1, 0.15) is 25.7 Å². The zero-order valence-corrected chi connectivity index (χ0v) is 9.67. The van der Waals surface area contributed by atoms with E-state index in [-0.39, 0.29) is 5.02 Å². The Kier molecular flexibility index (Phi) is 3.44. The number of benzene rings is 1. The SMILES string of the molecule is NC(=Nc1ccc(Cl)c(F)c1)C1CCCC1. The lowest BCUT2D eigenvalue weighted by molar-refractivity contribution is 0.628. The number of nitrogens with zero attached hydrogens (tertiary/aromatic N) is 1. The fourth-order valence-corrected chi connectivity index (χ4v) is 2.13. The van der Waals surface area contributed by atoms with Crippen molar-refractivity contribution in [3.05, 3.63) is 29.0 Å². The van der Waals surface area contributed by atoms with E-state index < -0.39 is 5.82 Å². The molecule has 0 aliphatic heterocycles. The first-order valence-electron chi connectivity index (χ1n) is 5.46. The highest BCUT2D eigenvalue weighted by atomic mass is 35.5. The van der Waals surface area contributed by atoms with Crippen molar-refractivity contribution in [3.63, 3.8) is 0 Å². The second-order valence-electron chi connectivity index (χ2n) is 4.12. The van der Waals surface area contributed by atoms with Gasteiger partial charge in [-0.05, 0) is 25.0 Å². The molecule has 0 amide bonds. The lowest BCUT2D eigenvalue weighted by atomic mass is 10.1. The number of hydrogen-bond acceptors (Lipinski definition) is 1. The van der Waals surface area contributed by atoms with Crippen molar-refractivity contribution in [3.8, 4) is 0 Å². The van der Waals surface area contributed by atoms with Crippen LogP contribution in [-0.2, 0) is 0 Å². The van der Waals surface area contributed by atoms with Crippen LogP contribution in [0.2, 0.25) is 5.02 Å². The molecule has 1 aliphatic carbocycles. The first kappa shape index (κ1) is 11.4. The Hall–Kier alpha value is -1.09. The molecule has 0 atom stereocenters. The molecule has 0 radical (unpaired) electrons. The van der Waals surface area contributed by atoms with Gasteiger partial charge in [0.25, 0.3) is 0 Å². The van der Waals surface area contributed by atoms with Crippen LogP contribution in [0.5, 0.6) is 0 Å². The maximum Gasteiger partial charge on any atom is 0.143 e. The quantitative estimate of drug-likeness (QED) is 0.622. The van der Waals surface area contributed by atoms with Crippen LogP contribution in [0.3, 0.4) is 0 Å². The number of amidine groups is 1. The minimum absolute atomic E-state index is 0.110. The first-order chi connectivity index (χ1) is 7.66. The molecule has 1 aromatic rings. The van der Waals surface area contributed by atoms with E-state index in [1.165, 1.54) is 25.0 Å². The maximum absolute atomic E-state index is 13.2. The molecule has 1 aromatic carbocycles. The smallest absolute Gasteiger partial charge is 0.143 e. The van der Waals surface area contributed by atoms with Gasteiger partial charge < -0.3 is 5.73 Å². The average molecular weight is 241 g/mol. The highest BCUT2D eigenvalue weighted by molar-refractivity contribution is 6.30. The summed E-state index contributed by atoms with van der Waals surface area (Å²) in [5.41, 5.74) is 6.43. The molecule has 0 spiro atoms. The standard InChI is InChI=1S/C12H14ClFN2/c13-10-6-5-9(7-11(10)14)16-12(15)8-3-1-2-4-8/h5-8H,1-4H2,(H2,15,16). The van der Waals surface area contributed by atoms with Gasteiger partial charge >= 0.3 is 0 Å². The Bertz CT molecular complexity index is 411. The number of rotatable bonds is 2. The van der Waals surface area contributed by atoms with Gasteiger partial charge in [0.15, 0.2) is 0 Å². The summed E-state index contributed by atoms with van der Waals surface area (Å²) in [5.74, 6) is 0.514. The molecule has 0 aromatic heterocycles. The lowest BCUT2D eigenvalue weighted by Crippen LogP contribution is -2.20. The second kappa shape index (κ2) is 4.83. The predicted molar refractivity (Wildman–Crippen MR) is 64.7 cm³/mol. The van der Waals surface area contributed by atoms with Crippen LogP contribution >= 0.6 is 11.6 Å². The van der Waals surface area contributed by atoms with Gasteiger partial charge in [-0.1, -0.05) is 24.4 Å². The van der Waals surface area contributed by atoms with Crippen LogP contribution in [-0.4, -0.2) is 5.84 Å². The molecule has 1 saturated carbocycles. The van der Waals surface area contributed by atoms with Gasteiger partial charge in [-0.25, -0.2) is 9.38 Å². The van der Waals surface area contributed by atoms with E-state index in [0.29, 0.717) is 17.4 Å². The zero-order valence-electron chi connectivity index (χ0n) is 8.92. The fourth-order valence-electron chi connectivity index (χ4n) is 2.02. The van der Waals surface area contributed by atoms with Crippen molar-refractivity contribution >= 4 is 23.1 Å². The molecule has 2 rings (SSSR count). The number of halogens is 2. The van der Waals surface area contributed by atoms with Gasteiger partial charge in [0.2, 0.25) is 0 Å². The van der Waals surface area contributed by atoms with Gasteiger partial charge in [0.1, 0.15) is 11.7 Å². The summed E-state index contributed by atoms with van der Waals surface area (Å²) in [6.45, 7) is 0. The van der Waals surface area contributed by atoms with Crippen molar-refractivity contribution in [1.82, 2.24) is 0 Å². The molecule has 16 heavy (non-hydrogen) atoms. The molecule has 1 fully saturated rings. The van der Waals surface area contributed by atoms with E-state index in [4.69, 9.17) is 17.3 Å². The molecule has 2 N–H and O–H groups in total. The van der Waals surface area contributed by atoms with Crippen LogP contribution in [0, 0.1) is 11.7 Å². The van der Waals surface area contributed by atoms with Crippen molar-refractivity contribution in [2.75, 3.05) is 0 Å². The minimum Gasteiger partial charge on any atom is -0.387 e. The van der Waals surface area contributed by atoms with Gasteiger partial charge in [-0.3, -0.25) is 0 Å². The fraction of sp³-hybridized carbons (Fsp3) is 0.417. The Morgan fingerprint density at radius 2 is 2.06 bits per heavy atom. The van der Waals surface area contributed by atoms with E-state index in [9.17, 15) is 4.39 Å². The van der Waals surface area contributed by atoms with E-state index in [1.54, 1.807) is 6.07 Å². The van der Waals surface area contributed by atoms with Crippen LogP contribution in [0.25, 0.3) is 0 Å². The molecule has 1 aliphatic rings. The third-order valence-corrected chi connectivity index (χ3v) is 3.24. The Morgan fingerprint density at radius 3 is 2.69 bits per heavy atom. The first-order valence-corrected chi connectivity index (χ1v) is 5.84. The van der Waals surface area contributed by atoms with E-state index in [0.717, 1.165) is 12.8 Å². The monoisotopic (exact) mass is 240 g/mol. The number of hydrogen-bond donors (Lipinski definition) is 1. The number of nitrogens with two attached hydrogens (primary N) is 1. The third-order valence-electron chi connectivity index (χ3n) is 2.93. The van der Waals surface area contributed by atoms with E-state index >= 15 is 0 Å². The summed E-state index contributed by atoms with van der Waals surface area (Å²) < 4.78 is 13.2. The normalized spacial score (nSPS) is 18.0. The summed E-state index contributed by atoms with van der Waals surface area (Å²) in [7, 11) is 0. The van der Waals surface area contributed by atoms with Gasteiger partial charge in [-0.15, -0.1) is 0 Å². The van der Waals surface area contributed by atoms with E-state index in [1.807, 2.05) is 0 Å². The lowest BCUT2D eigenvalue weighted by Gasteiger charge is -2.07. The molecule has 0 saturated heterocycles. The summed E-state index contributed by atoms with van der Waals surface area (Å²) in [4.78, 5) is 4.24. The molecule has 86 valence electrons. The highest BCUT2D eigenvalue weighted by Gasteiger charge is 2.18. The maximum atomic E-state index is 13.2. The van der Waals surface area contributed by atoms with Gasteiger partial charge in [-0.2, -0.15) is 0 Å². The second-order valence-corrected chi connectivity index (χ2v) is 4.52. The molecule has 0 bridgehead atoms. The highest BCUT2D eigenvalue weighted by Crippen LogP contribution is 2.27. The molecule has 4 heteroatoms. The Balaban J connectivity index is 2.17. The van der Waals surface area contributed by atoms with E-state index in [2.05, 4.69) is 4.99 Å². The average Bonchev–Trinajstić information content (AvgIpc) is 2.77. The van der Waals surface area contributed by atoms with Crippen LogP contribution in [0.15, 0.2) is 23.2 Å². The minimum atomic E-state index is -0.456. The van der Waals surface area contributed by atoms with Crippen molar-refractivity contribution in [1.29, 1.82) is 0 Å². The van der Waals surface area contributed by atoms with Crippen molar-refractivity contribution in [2.45, 2.75) is 25.7 Å². The predicted octanol–water partition coefficient (Wildman–Crippen LogP) is 3.66. The topological polar surface area (TPSA) is 38.4 Å². The van der Waals surface area contributed by atoms with Crippen LogP contribution < -0.4 is 5.73 Å². The summed E-state index contributed by atoms with van der Waals surface area (Å²) in [5, 5.41) is 0.110. The molecule has 0 heterocycles. The van der Waals surface area contributed by atoms with Crippen molar-refractivity contribution in [2.24, 2.45) is 16.6 Å².